The molecular formula is C96H116N16O7S3. The molecule has 640 valence electrons. The van der Waals surface area contributed by atoms with Crippen molar-refractivity contribution in [2.45, 2.75) is 176 Å². The summed E-state index contributed by atoms with van der Waals surface area (Å²) in [4.78, 5) is 49.4. The normalized spacial score (nSPS) is 16.3. The Kier molecular flexibility index (Phi) is 28.7. The van der Waals surface area contributed by atoms with Gasteiger partial charge in [-0.15, -0.1) is 0 Å². The lowest BCUT2D eigenvalue weighted by molar-refractivity contribution is -0.133. The van der Waals surface area contributed by atoms with Crippen molar-refractivity contribution in [1.29, 1.82) is 0 Å². The van der Waals surface area contributed by atoms with Crippen LogP contribution in [0, 0.1) is 47.5 Å². The molecule has 26 heteroatoms. The molecule has 1 amide bonds. The third-order valence-electron chi connectivity index (χ3n) is 23.7. The molecule has 0 unspecified atom stereocenters. The van der Waals surface area contributed by atoms with Gasteiger partial charge in [0.15, 0.2) is 0 Å². The second-order valence-electron chi connectivity index (χ2n) is 33.4. The second kappa shape index (κ2) is 39.8. The summed E-state index contributed by atoms with van der Waals surface area (Å²) in [5, 5.41) is 23.8. The second-order valence-corrected chi connectivity index (χ2v) is 39.7. The summed E-state index contributed by atoms with van der Waals surface area (Å²) < 4.78 is 79.4. The number of likely N-dealkylation sites (tertiary alicyclic amines) is 1. The maximum atomic E-state index is 12.5. The van der Waals surface area contributed by atoms with Gasteiger partial charge in [-0.2, -0.15) is 0 Å². The molecule has 122 heavy (non-hydrogen) atoms. The first-order valence-electron chi connectivity index (χ1n) is 43.4. The SMILES string of the molecule is CCCCS(=O)(=O)N1CCC(Nc2cc(-c3ccnc(C)c3)cc3ccncc23)CC1.CCCS(=O)(=O)N1CCC(Nc2cc(-c3cc(C)nc(C)c3)cc3ccncc23)CC1.CCCS(=O)(=O)N1CCC(Nc2cc(-c3ccnc(C)c3)cc3ccncc23)CC1.Cc1cc(-c2cc(NC3CCN(C(=O)C4CC4)CC3)c3cnccc3c2)cc(C)n1. The van der Waals surface area contributed by atoms with Crippen LogP contribution >= 0.6 is 0 Å². The zero-order chi connectivity index (χ0) is 85.7. The topological polar surface area (TPSA) is 284 Å². The van der Waals surface area contributed by atoms with Gasteiger partial charge in [-0.05, 0) is 312 Å². The van der Waals surface area contributed by atoms with Crippen molar-refractivity contribution in [3.63, 3.8) is 0 Å². The zero-order valence-electron chi connectivity index (χ0n) is 71.8. The lowest BCUT2D eigenvalue weighted by atomic mass is 9.98. The molecule has 17 rings (SSSR count). The van der Waals surface area contributed by atoms with E-state index in [1.165, 1.54) is 16.5 Å². The Morgan fingerprint density at radius 3 is 0.893 bits per heavy atom. The number of rotatable bonds is 23. The van der Waals surface area contributed by atoms with E-state index in [1.54, 1.807) is 12.9 Å². The highest BCUT2D eigenvalue weighted by Gasteiger charge is 2.36. The van der Waals surface area contributed by atoms with E-state index < -0.39 is 30.1 Å². The number of sulfonamides is 3. The Bertz CT molecular complexity index is 6000. The van der Waals surface area contributed by atoms with Crippen molar-refractivity contribution in [1.82, 2.24) is 57.7 Å². The van der Waals surface area contributed by atoms with Gasteiger partial charge in [0, 0.05) is 223 Å². The number of benzene rings is 4. The smallest absolute Gasteiger partial charge is 0.225 e. The summed E-state index contributed by atoms with van der Waals surface area (Å²) in [7, 11) is -9.38. The predicted octanol–water partition coefficient (Wildman–Crippen LogP) is 18.1. The van der Waals surface area contributed by atoms with Crippen LogP contribution in [0.25, 0.3) is 87.6 Å². The maximum absolute atomic E-state index is 12.5. The van der Waals surface area contributed by atoms with E-state index in [2.05, 4.69) is 157 Å². The number of nitrogens with one attached hydrogen (secondary N) is 4. The van der Waals surface area contributed by atoms with Crippen LogP contribution < -0.4 is 21.3 Å². The first kappa shape index (κ1) is 87.9. The van der Waals surface area contributed by atoms with Gasteiger partial charge in [-0.3, -0.25) is 44.7 Å². The van der Waals surface area contributed by atoms with Crippen LogP contribution in [-0.2, 0) is 34.9 Å². The van der Waals surface area contributed by atoms with Crippen LogP contribution in [0.4, 0.5) is 22.7 Å². The average Bonchev–Trinajstić information content (AvgIpc) is 0.840. The van der Waals surface area contributed by atoms with Crippen molar-refractivity contribution in [3.8, 4) is 44.5 Å². The number of anilines is 4. The monoisotopic (exact) mass is 1700 g/mol. The number of hydrogen-bond donors (Lipinski definition) is 4. The number of fused-ring (bicyclic) bond motifs is 4. The largest absolute Gasteiger partial charge is 0.382 e. The summed E-state index contributed by atoms with van der Waals surface area (Å²) in [5.41, 5.74) is 19.5. The molecular weight excluding hydrogens is 1590 g/mol. The molecule has 1 aliphatic carbocycles. The molecule has 0 atom stereocenters. The summed E-state index contributed by atoms with van der Waals surface area (Å²) in [6.07, 6.45) is 30.4. The Hall–Kier alpha value is -10.5. The van der Waals surface area contributed by atoms with Gasteiger partial charge in [-0.25, -0.2) is 38.2 Å². The maximum Gasteiger partial charge on any atom is 0.225 e. The molecule has 0 radical (unpaired) electrons. The van der Waals surface area contributed by atoms with Crippen LogP contribution in [0.5, 0.6) is 0 Å². The minimum atomic E-state index is -3.13. The molecule has 4 aliphatic heterocycles. The highest BCUT2D eigenvalue weighted by molar-refractivity contribution is 7.89. The lowest BCUT2D eigenvalue weighted by Crippen LogP contribution is -2.43. The molecule has 8 aromatic heterocycles. The van der Waals surface area contributed by atoms with Crippen molar-refractivity contribution >= 4 is 102 Å². The molecule has 0 spiro atoms. The minimum absolute atomic E-state index is 0.229. The number of amides is 1. The fourth-order valence-electron chi connectivity index (χ4n) is 17.2. The lowest BCUT2D eigenvalue weighted by Gasteiger charge is -2.33. The van der Waals surface area contributed by atoms with Gasteiger partial charge in [0.2, 0.25) is 36.0 Å². The van der Waals surface area contributed by atoms with E-state index in [0.29, 0.717) is 70.0 Å². The van der Waals surface area contributed by atoms with E-state index in [4.69, 9.17) is 0 Å². The van der Waals surface area contributed by atoms with E-state index in [0.717, 1.165) is 218 Å². The molecule has 5 fully saturated rings. The van der Waals surface area contributed by atoms with Crippen LogP contribution in [0.15, 0.2) is 183 Å². The number of pyridine rings is 8. The molecule has 4 N–H and O–H groups in total. The molecule has 1 saturated carbocycles. The predicted molar refractivity (Wildman–Crippen MR) is 496 cm³/mol. The van der Waals surface area contributed by atoms with Crippen molar-refractivity contribution in [2.75, 3.05) is 90.9 Å². The summed E-state index contributed by atoms with van der Waals surface area (Å²) in [6.45, 7) is 23.1. The van der Waals surface area contributed by atoms with E-state index in [9.17, 15) is 30.0 Å². The molecule has 12 aromatic rings. The Morgan fingerprint density at radius 1 is 0.328 bits per heavy atom. The summed E-state index contributed by atoms with van der Waals surface area (Å²) >= 11 is 0. The molecule has 4 aromatic carbocycles. The third-order valence-corrected chi connectivity index (χ3v) is 29.8. The number of aromatic nitrogens is 8. The van der Waals surface area contributed by atoms with Gasteiger partial charge in [0.1, 0.15) is 0 Å². The van der Waals surface area contributed by atoms with Crippen LogP contribution in [0.3, 0.4) is 0 Å². The first-order valence-corrected chi connectivity index (χ1v) is 48.2. The van der Waals surface area contributed by atoms with E-state index >= 15 is 0 Å². The quantitative estimate of drug-likeness (QED) is 0.0463. The Balaban J connectivity index is 0.000000133. The molecule has 12 heterocycles. The number of aryl methyl sites for hydroxylation is 6. The van der Waals surface area contributed by atoms with Crippen LogP contribution in [0.1, 0.15) is 145 Å². The van der Waals surface area contributed by atoms with Gasteiger partial charge >= 0.3 is 0 Å². The number of unbranched alkanes of at least 4 members (excludes halogenated alkanes) is 1. The van der Waals surface area contributed by atoms with Crippen molar-refractivity contribution < 1.29 is 30.0 Å². The highest BCUT2D eigenvalue weighted by Crippen LogP contribution is 2.39. The van der Waals surface area contributed by atoms with Crippen molar-refractivity contribution in [2.24, 2.45) is 5.92 Å². The highest BCUT2D eigenvalue weighted by atomic mass is 32.2. The minimum Gasteiger partial charge on any atom is -0.382 e. The van der Waals surface area contributed by atoms with Crippen molar-refractivity contribution in [3.05, 3.63) is 217 Å². The number of carbonyl (C=O) groups excluding carboxylic acids is 1. The average molecular weight is 1700 g/mol. The number of piperidine rings is 4. The Morgan fingerprint density at radius 2 is 0.607 bits per heavy atom. The van der Waals surface area contributed by atoms with Crippen LogP contribution in [0.2, 0.25) is 0 Å². The fourth-order valence-corrected chi connectivity index (χ4v) is 21.9. The van der Waals surface area contributed by atoms with Crippen LogP contribution in [-0.4, -0.2) is 183 Å². The molecule has 5 aliphatic rings. The first-order chi connectivity index (χ1) is 58.8. The van der Waals surface area contributed by atoms with Gasteiger partial charge in [0.25, 0.3) is 0 Å². The molecule has 23 nitrogen and oxygen atoms in total. The Labute approximate surface area is 720 Å². The number of carbonyl (C=O) groups is 1. The van der Waals surface area contributed by atoms with Gasteiger partial charge in [-0.1, -0.05) is 27.2 Å². The van der Waals surface area contributed by atoms with Gasteiger partial charge < -0.3 is 26.2 Å². The standard InChI is InChI=1S/C25H28N4O.2C24H30N4O2S.C23H28N4O2S/c1-16-11-20(12-17(2)27-16)21-13-19-5-8-26-15-23(19)24(14-21)28-22-6-9-29(10-7-22)25(30)18-3-4-18;1-4-11-31(29,30)28-9-6-22(7-10-28)27-24-15-21(14-19-5-8-25-16-23(19)24)20-12-17(2)26-18(3)13-20;1-3-4-13-31(29,30)28-11-7-22(8-12-28)27-24-16-21(19-6-10-26-18(2)14-19)15-20-5-9-25-17-23(20)24;1-3-12-30(28,29)27-10-6-21(7-11-27)26-23-15-20(18-5-9-25-17(2)13-18)14-19-4-8-24-16-22(19)23/h5,8,11-15,18,22,28H,3-4,6-7,9-10H2,1-2H3;5,8,12-16,22,27H,4,6-7,9-11H2,1-3H3;5-6,9-10,14-17,22,27H,3-4,7-8,11-13H2,1-2H3;4-5,8-9,13-16,21,26H,3,6-7,10-12H2,1-2H3. The molecule has 4 saturated heterocycles. The fraction of sp³-hybridized carbons (Fsp3) is 0.406. The van der Waals surface area contributed by atoms with E-state index in [-0.39, 0.29) is 35.4 Å². The van der Waals surface area contributed by atoms with E-state index in [1.807, 2.05) is 155 Å². The zero-order valence-corrected chi connectivity index (χ0v) is 74.3. The summed E-state index contributed by atoms with van der Waals surface area (Å²) in [6, 6.07) is 43.5. The number of nitrogens with zero attached hydrogens (tertiary/aromatic N) is 12. The number of hydrogen-bond acceptors (Lipinski definition) is 19. The summed E-state index contributed by atoms with van der Waals surface area (Å²) in [5.74, 6) is 1.40. The molecule has 0 bridgehead atoms. The third kappa shape index (κ3) is 22.5. The van der Waals surface area contributed by atoms with Gasteiger partial charge in [0.05, 0.1) is 17.3 Å².